The van der Waals surface area contributed by atoms with Gasteiger partial charge in [0.1, 0.15) is 12.1 Å². The molecule has 0 spiro atoms. The molecule has 39 heavy (non-hydrogen) atoms. The number of aliphatic imine (C=N–C) groups is 1. The lowest BCUT2D eigenvalue weighted by molar-refractivity contribution is -0.145. The summed E-state index contributed by atoms with van der Waals surface area (Å²) in [5.74, 6) is -5.21. The summed E-state index contributed by atoms with van der Waals surface area (Å²) in [5, 5.41) is 35.1. The van der Waals surface area contributed by atoms with Crippen LogP contribution in [0.1, 0.15) is 38.2 Å². The third-order valence-electron chi connectivity index (χ3n) is 5.55. The molecule has 5 atom stereocenters. The third kappa shape index (κ3) is 12.7. The quantitative estimate of drug-likeness (QED) is 0.0549. The highest BCUT2D eigenvalue weighted by atomic mass is 16.4. The van der Waals surface area contributed by atoms with Crippen molar-refractivity contribution in [3.63, 3.8) is 0 Å². The Morgan fingerprint density at radius 3 is 2.03 bits per heavy atom. The molecule has 0 saturated carbocycles. The first-order valence-corrected chi connectivity index (χ1v) is 12.2. The van der Waals surface area contributed by atoms with Gasteiger partial charge < -0.3 is 48.5 Å². The van der Waals surface area contributed by atoms with Gasteiger partial charge in [-0.25, -0.2) is 4.79 Å². The van der Waals surface area contributed by atoms with Crippen LogP contribution >= 0.6 is 0 Å². The van der Waals surface area contributed by atoms with Gasteiger partial charge in [-0.15, -0.1) is 0 Å². The van der Waals surface area contributed by atoms with Gasteiger partial charge in [0.2, 0.25) is 17.7 Å². The Hall–Kier alpha value is -4.24. The van der Waals surface area contributed by atoms with Gasteiger partial charge in [-0.3, -0.25) is 24.2 Å². The minimum absolute atomic E-state index is 0.00929. The van der Waals surface area contributed by atoms with E-state index < -0.39 is 59.9 Å². The summed E-state index contributed by atoms with van der Waals surface area (Å²) in [6.07, 6.45) is -1.72. The van der Waals surface area contributed by atoms with Crippen LogP contribution in [0.4, 0.5) is 0 Å². The lowest BCUT2D eigenvalue weighted by Crippen LogP contribution is -2.58. The van der Waals surface area contributed by atoms with Crippen molar-refractivity contribution in [2.45, 2.75) is 69.3 Å². The molecule has 5 unspecified atom stereocenters. The summed E-state index contributed by atoms with van der Waals surface area (Å²) in [5.41, 5.74) is 17.1. The van der Waals surface area contributed by atoms with E-state index in [1.54, 1.807) is 30.3 Å². The number of benzene rings is 1. The number of aliphatic hydroxyl groups is 1. The van der Waals surface area contributed by atoms with Crippen LogP contribution in [-0.4, -0.2) is 87.8 Å². The largest absolute Gasteiger partial charge is 0.481 e. The van der Waals surface area contributed by atoms with E-state index in [4.69, 9.17) is 22.3 Å². The summed E-state index contributed by atoms with van der Waals surface area (Å²) in [4.78, 5) is 65.0. The first-order valence-electron chi connectivity index (χ1n) is 12.2. The van der Waals surface area contributed by atoms with Gasteiger partial charge in [-0.2, -0.15) is 0 Å². The van der Waals surface area contributed by atoms with Crippen LogP contribution in [0.3, 0.4) is 0 Å². The number of aliphatic carboxylic acids is 2. The molecule has 0 bridgehead atoms. The molecule has 1 aromatic rings. The molecule has 1 rings (SSSR count). The Kier molecular flexibility index (Phi) is 13.9. The monoisotopic (exact) mass is 551 g/mol. The molecule has 216 valence electrons. The zero-order chi connectivity index (χ0) is 29.5. The second-order valence-electron chi connectivity index (χ2n) is 8.86. The fourth-order valence-corrected chi connectivity index (χ4v) is 3.44. The molecule has 0 aliphatic carbocycles. The van der Waals surface area contributed by atoms with E-state index in [1.165, 1.54) is 6.92 Å². The molecule has 1 aromatic carbocycles. The molecule has 0 heterocycles. The number of nitrogens with one attached hydrogen (secondary N) is 3. The first-order chi connectivity index (χ1) is 18.3. The third-order valence-corrected chi connectivity index (χ3v) is 5.55. The standard InChI is InChI=1S/C24H37N7O8/c1-13(32)19(23(38)39)31-21(36)16(8-5-11-28-24(26)27)29-22(37)17(12-14-6-3-2-4-7-14)30-20(35)15(25)9-10-18(33)34/h2-4,6-7,13,15-17,19,32H,5,8-12,25H2,1H3,(H,29,37)(H,30,35)(H,31,36)(H,33,34)(H,38,39)(H4,26,27,28). The minimum Gasteiger partial charge on any atom is -0.481 e. The maximum absolute atomic E-state index is 13.3. The van der Waals surface area contributed by atoms with Gasteiger partial charge in [0.25, 0.3) is 0 Å². The van der Waals surface area contributed by atoms with E-state index in [0.717, 1.165) is 0 Å². The van der Waals surface area contributed by atoms with Crippen molar-refractivity contribution in [2.24, 2.45) is 22.2 Å². The van der Waals surface area contributed by atoms with Gasteiger partial charge in [-0.1, -0.05) is 30.3 Å². The number of carboxylic acid groups (broad SMARTS) is 2. The van der Waals surface area contributed by atoms with Crippen molar-refractivity contribution in [2.75, 3.05) is 6.54 Å². The molecule has 0 aliphatic rings. The molecule has 0 fully saturated rings. The van der Waals surface area contributed by atoms with E-state index in [9.17, 15) is 34.2 Å². The number of nitrogens with zero attached hydrogens (tertiary/aromatic N) is 1. The van der Waals surface area contributed by atoms with Crippen molar-refractivity contribution in [1.29, 1.82) is 0 Å². The number of carbonyl (C=O) groups excluding carboxylic acids is 3. The van der Waals surface area contributed by atoms with Crippen LogP contribution in [0.5, 0.6) is 0 Å². The van der Waals surface area contributed by atoms with Crippen molar-refractivity contribution in [3.8, 4) is 0 Å². The SMILES string of the molecule is CC(O)C(NC(=O)C(CCCN=C(N)N)NC(=O)C(Cc1ccccc1)NC(=O)C(N)CCC(=O)O)C(=O)O. The van der Waals surface area contributed by atoms with Gasteiger partial charge in [-0.05, 0) is 31.7 Å². The summed E-state index contributed by atoms with van der Waals surface area (Å²) in [6, 6.07) is 3.33. The Balaban J connectivity index is 3.14. The highest BCUT2D eigenvalue weighted by molar-refractivity contribution is 5.94. The maximum atomic E-state index is 13.3. The fraction of sp³-hybridized carbons (Fsp3) is 0.500. The maximum Gasteiger partial charge on any atom is 0.328 e. The smallest absolute Gasteiger partial charge is 0.328 e. The number of nitrogens with two attached hydrogens (primary N) is 3. The van der Waals surface area contributed by atoms with Crippen molar-refractivity contribution >= 4 is 35.6 Å². The molecule has 12 N–H and O–H groups in total. The van der Waals surface area contributed by atoms with Gasteiger partial charge in [0.15, 0.2) is 12.0 Å². The van der Waals surface area contributed by atoms with Gasteiger partial charge in [0.05, 0.1) is 12.1 Å². The minimum atomic E-state index is -1.64. The molecule has 15 heteroatoms. The van der Waals surface area contributed by atoms with Crippen LogP contribution in [0.25, 0.3) is 0 Å². The predicted molar refractivity (Wildman–Crippen MR) is 140 cm³/mol. The molecule has 0 aliphatic heterocycles. The number of aliphatic hydroxyl groups excluding tert-OH is 1. The lowest BCUT2D eigenvalue weighted by atomic mass is 10.0. The van der Waals surface area contributed by atoms with Gasteiger partial charge >= 0.3 is 11.9 Å². The van der Waals surface area contributed by atoms with Crippen molar-refractivity contribution < 1.29 is 39.3 Å². The van der Waals surface area contributed by atoms with E-state index >= 15 is 0 Å². The van der Waals surface area contributed by atoms with Gasteiger partial charge in [0, 0.05) is 19.4 Å². The molecule has 0 saturated heterocycles. The zero-order valence-electron chi connectivity index (χ0n) is 21.6. The number of guanidine groups is 1. The zero-order valence-corrected chi connectivity index (χ0v) is 21.6. The topological polar surface area (TPSA) is 273 Å². The molecule has 0 radical (unpaired) electrons. The average molecular weight is 552 g/mol. The van der Waals surface area contributed by atoms with E-state index in [1.807, 2.05) is 0 Å². The van der Waals surface area contributed by atoms with Crippen LogP contribution in [0.2, 0.25) is 0 Å². The second kappa shape index (κ2) is 16.6. The van der Waals surface area contributed by atoms with Crippen LogP contribution < -0.4 is 33.2 Å². The summed E-state index contributed by atoms with van der Waals surface area (Å²) < 4.78 is 0. The summed E-state index contributed by atoms with van der Waals surface area (Å²) >= 11 is 0. The molecule has 0 aromatic heterocycles. The molecule has 15 nitrogen and oxygen atoms in total. The van der Waals surface area contributed by atoms with E-state index in [-0.39, 0.29) is 44.6 Å². The van der Waals surface area contributed by atoms with E-state index in [2.05, 4.69) is 20.9 Å². The second-order valence-corrected chi connectivity index (χ2v) is 8.86. The summed E-state index contributed by atoms with van der Waals surface area (Å²) in [7, 11) is 0. The average Bonchev–Trinajstić information content (AvgIpc) is 2.86. The number of hydrogen-bond donors (Lipinski definition) is 9. The Morgan fingerprint density at radius 1 is 0.897 bits per heavy atom. The number of carbonyl (C=O) groups is 5. The van der Waals surface area contributed by atoms with Crippen molar-refractivity contribution in [3.05, 3.63) is 35.9 Å². The number of hydrogen-bond acceptors (Lipinski definition) is 8. The van der Waals surface area contributed by atoms with Crippen LogP contribution in [-0.2, 0) is 30.4 Å². The Labute approximate surface area is 225 Å². The highest BCUT2D eigenvalue weighted by Gasteiger charge is 2.32. The summed E-state index contributed by atoms with van der Waals surface area (Å²) in [6.45, 7) is 1.30. The first kappa shape index (κ1) is 32.8. The lowest BCUT2D eigenvalue weighted by Gasteiger charge is -2.26. The molecular weight excluding hydrogens is 514 g/mol. The highest BCUT2D eigenvalue weighted by Crippen LogP contribution is 2.07. The normalized spacial score (nSPS) is 14.5. The number of amides is 3. The fourth-order valence-electron chi connectivity index (χ4n) is 3.44. The Bertz CT molecular complexity index is 1010. The predicted octanol–water partition coefficient (Wildman–Crippen LogP) is -2.61. The molecular formula is C24H37N7O8. The number of carboxylic acids is 2. The Morgan fingerprint density at radius 2 is 1.49 bits per heavy atom. The van der Waals surface area contributed by atoms with E-state index in [0.29, 0.717) is 5.56 Å². The molecule has 3 amide bonds. The van der Waals surface area contributed by atoms with Crippen LogP contribution in [0.15, 0.2) is 35.3 Å². The van der Waals surface area contributed by atoms with Crippen molar-refractivity contribution in [1.82, 2.24) is 16.0 Å². The number of rotatable bonds is 17. The van der Waals surface area contributed by atoms with Crippen LogP contribution in [0, 0.1) is 0 Å².